The van der Waals surface area contributed by atoms with Crippen LogP contribution in [0.3, 0.4) is 0 Å². The monoisotopic (exact) mass is 649 g/mol. The van der Waals surface area contributed by atoms with E-state index in [1.54, 1.807) is 12.2 Å². The molecule has 0 atom stereocenters. The van der Waals surface area contributed by atoms with Crippen LogP contribution < -0.4 is 10.6 Å². The van der Waals surface area contributed by atoms with E-state index in [0.29, 0.717) is 23.2 Å². The Labute approximate surface area is 290 Å². The molecule has 1 aliphatic heterocycles. The molecule has 3 aromatic heterocycles. The van der Waals surface area contributed by atoms with Crippen LogP contribution in [-0.2, 0) is 5.41 Å². The number of aromatic nitrogens is 5. The fraction of sp³-hybridized carbons (Fsp3) is 0.0909. The van der Waals surface area contributed by atoms with Gasteiger partial charge in [0, 0.05) is 33.0 Å². The van der Waals surface area contributed by atoms with Crippen molar-refractivity contribution < 1.29 is 4.42 Å². The van der Waals surface area contributed by atoms with Gasteiger partial charge in [-0.1, -0.05) is 111 Å². The van der Waals surface area contributed by atoms with Gasteiger partial charge < -0.3 is 4.42 Å². The van der Waals surface area contributed by atoms with Crippen molar-refractivity contribution in [2.75, 3.05) is 0 Å². The lowest BCUT2D eigenvalue weighted by Gasteiger charge is -2.17. The Morgan fingerprint density at radius 2 is 1.36 bits per heavy atom. The molecule has 0 aliphatic carbocycles. The summed E-state index contributed by atoms with van der Waals surface area (Å²) in [6.45, 7) is 18.4. The first-order chi connectivity index (χ1) is 24.4. The van der Waals surface area contributed by atoms with Crippen LogP contribution in [0.15, 0.2) is 127 Å². The third-order valence-electron chi connectivity index (χ3n) is 9.55. The summed E-state index contributed by atoms with van der Waals surface area (Å²) in [7, 11) is 0. The van der Waals surface area contributed by atoms with Gasteiger partial charge in [-0.25, -0.2) is 19.9 Å². The van der Waals surface area contributed by atoms with Gasteiger partial charge >= 0.3 is 0 Å². The Hall–Kier alpha value is -6.40. The topological polar surface area (TPSA) is 69.6 Å². The number of imidazole rings is 1. The Bertz CT molecular complexity index is 2620. The van der Waals surface area contributed by atoms with E-state index in [9.17, 15) is 0 Å². The van der Waals surface area contributed by atoms with Crippen molar-refractivity contribution in [3.8, 4) is 39.9 Å². The van der Waals surface area contributed by atoms with Crippen molar-refractivity contribution in [3.63, 3.8) is 0 Å². The summed E-state index contributed by atoms with van der Waals surface area (Å²) in [6, 6.07) is 33.0. The van der Waals surface area contributed by atoms with Crippen molar-refractivity contribution in [2.24, 2.45) is 0 Å². The molecule has 4 heterocycles. The third-order valence-corrected chi connectivity index (χ3v) is 9.55. The number of hydrogen-bond donors (Lipinski definition) is 0. The predicted molar refractivity (Wildman–Crippen MR) is 204 cm³/mol. The molecule has 6 heteroatoms. The Morgan fingerprint density at radius 1 is 0.720 bits per heavy atom. The molecule has 0 amide bonds. The van der Waals surface area contributed by atoms with E-state index in [4.69, 9.17) is 24.4 Å². The number of allylic oxidation sites excluding steroid dienone is 1. The van der Waals surface area contributed by atoms with Crippen LogP contribution in [0.1, 0.15) is 49.0 Å². The molecule has 6 nitrogen and oxygen atoms in total. The summed E-state index contributed by atoms with van der Waals surface area (Å²) in [5.74, 6) is 3.47. The van der Waals surface area contributed by atoms with Crippen molar-refractivity contribution in [1.82, 2.24) is 24.5 Å². The van der Waals surface area contributed by atoms with Crippen LogP contribution in [-0.4, -0.2) is 24.5 Å². The van der Waals surface area contributed by atoms with E-state index in [-0.39, 0.29) is 5.41 Å². The molecule has 0 saturated heterocycles. The second-order valence-electron chi connectivity index (χ2n) is 12.8. The number of furan rings is 1. The standard InChI is InChI=1S/C44H35N5O/c1-7-31(39-33(9-3)32(8-2)38(10-4)50-39)27-20-22-29(23-21-27)41-46-40(28-16-12-11-13-17-28)47-42(48-41)30-24-25-37-35(26-30)45-43-44(5,6)34-18-14-15-19-36(34)49(37)43/h7-26H,1-2,4H2,3,5-6H3/b33-9-,39-31-. The van der Waals surface area contributed by atoms with E-state index in [1.165, 1.54) is 11.3 Å². The van der Waals surface area contributed by atoms with Crippen molar-refractivity contribution in [2.45, 2.75) is 26.2 Å². The lowest BCUT2D eigenvalue weighted by atomic mass is 9.86. The molecule has 0 saturated carbocycles. The molecule has 242 valence electrons. The average molecular weight is 650 g/mol. The fourth-order valence-corrected chi connectivity index (χ4v) is 7.01. The zero-order valence-electron chi connectivity index (χ0n) is 28.3. The molecule has 1 aliphatic rings. The van der Waals surface area contributed by atoms with Crippen LogP contribution in [0.4, 0.5) is 0 Å². The van der Waals surface area contributed by atoms with Crippen LogP contribution in [0.25, 0.3) is 74.7 Å². The van der Waals surface area contributed by atoms with Gasteiger partial charge in [-0.15, -0.1) is 0 Å². The van der Waals surface area contributed by atoms with E-state index in [1.807, 2.05) is 73.7 Å². The molecule has 0 unspecified atom stereocenters. The summed E-state index contributed by atoms with van der Waals surface area (Å²) in [6.07, 6.45) is 7.34. The first-order valence-corrected chi connectivity index (χ1v) is 16.6. The number of benzene rings is 4. The number of nitrogens with zero attached hydrogens (tertiary/aromatic N) is 5. The molecule has 0 fully saturated rings. The first-order valence-electron chi connectivity index (χ1n) is 16.6. The molecule has 0 N–H and O–H groups in total. The van der Waals surface area contributed by atoms with Crippen molar-refractivity contribution in [1.29, 1.82) is 0 Å². The van der Waals surface area contributed by atoms with Gasteiger partial charge in [-0.3, -0.25) is 4.57 Å². The number of para-hydroxylation sites is 1. The zero-order valence-corrected chi connectivity index (χ0v) is 28.3. The quantitative estimate of drug-likeness (QED) is 0.173. The smallest absolute Gasteiger partial charge is 0.164 e. The van der Waals surface area contributed by atoms with Gasteiger partial charge in [0.1, 0.15) is 17.0 Å². The van der Waals surface area contributed by atoms with E-state index in [0.717, 1.165) is 60.9 Å². The zero-order chi connectivity index (χ0) is 34.6. The van der Waals surface area contributed by atoms with Gasteiger partial charge in [0.15, 0.2) is 17.5 Å². The molecule has 8 rings (SSSR count). The molecule has 0 bridgehead atoms. The highest BCUT2D eigenvalue weighted by Gasteiger charge is 2.38. The Kier molecular flexibility index (Phi) is 7.38. The maximum absolute atomic E-state index is 6.24. The Balaban J connectivity index is 1.25. The highest BCUT2D eigenvalue weighted by molar-refractivity contribution is 5.85. The summed E-state index contributed by atoms with van der Waals surface area (Å²) in [5.41, 5.74) is 10.3. The number of rotatable bonds is 7. The van der Waals surface area contributed by atoms with E-state index in [2.05, 4.69) is 80.6 Å². The van der Waals surface area contributed by atoms with E-state index >= 15 is 0 Å². The van der Waals surface area contributed by atoms with Gasteiger partial charge in [0.05, 0.1) is 22.1 Å². The number of fused-ring (bicyclic) bond motifs is 5. The second kappa shape index (κ2) is 11.9. The minimum absolute atomic E-state index is 0.208. The largest absolute Gasteiger partial charge is 0.455 e. The minimum Gasteiger partial charge on any atom is -0.455 e. The van der Waals surface area contributed by atoms with Crippen LogP contribution >= 0.6 is 0 Å². The van der Waals surface area contributed by atoms with Crippen LogP contribution in [0, 0.1) is 0 Å². The lowest BCUT2D eigenvalue weighted by Crippen LogP contribution is -2.24. The molecule has 50 heavy (non-hydrogen) atoms. The van der Waals surface area contributed by atoms with Gasteiger partial charge in [0.25, 0.3) is 0 Å². The summed E-state index contributed by atoms with van der Waals surface area (Å²) >= 11 is 0. The molecule has 4 aromatic carbocycles. The molecular formula is C44H35N5O. The van der Waals surface area contributed by atoms with Gasteiger partial charge in [-0.2, -0.15) is 0 Å². The predicted octanol–water partition coefficient (Wildman–Crippen LogP) is 8.92. The number of hydrogen-bond acceptors (Lipinski definition) is 5. The molecular weight excluding hydrogens is 615 g/mol. The minimum atomic E-state index is -0.208. The van der Waals surface area contributed by atoms with Gasteiger partial charge in [0.2, 0.25) is 0 Å². The van der Waals surface area contributed by atoms with Crippen LogP contribution in [0.5, 0.6) is 0 Å². The van der Waals surface area contributed by atoms with Crippen molar-refractivity contribution >= 4 is 34.8 Å². The fourth-order valence-electron chi connectivity index (χ4n) is 7.01. The summed E-state index contributed by atoms with van der Waals surface area (Å²) in [5, 5.41) is 0.955. The first kappa shape index (κ1) is 30.9. The Morgan fingerprint density at radius 3 is 2.02 bits per heavy atom. The maximum Gasteiger partial charge on any atom is 0.164 e. The highest BCUT2D eigenvalue weighted by Crippen LogP contribution is 2.44. The second-order valence-corrected chi connectivity index (χ2v) is 12.8. The summed E-state index contributed by atoms with van der Waals surface area (Å²) < 4.78 is 8.52. The molecule has 0 spiro atoms. The van der Waals surface area contributed by atoms with Gasteiger partial charge in [-0.05, 0) is 62.2 Å². The molecule has 0 radical (unpaired) electrons. The molecule has 7 aromatic rings. The highest BCUT2D eigenvalue weighted by atomic mass is 16.3. The van der Waals surface area contributed by atoms with Crippen LogP contribution in [0.2, 0.25) is 0 Å². The lowest BCUT2D eigenvalue weighted by molar-refractivity contribution is 0.519. The average Bonchev–Trinajstić information content (AvgIpc) is 3.80. The normalized spacial score (nSPS) is 13.9. The third kappa shape index (κ3) is 4.79. The SMILES string of the molecule is C=C/C(c1ccc(-c2nc(-c3ccccc3)nc(-c3ccc4c(c3)nc3n4-c4ccccc4C3(C)C)n2)cc1)=c1/oc(C=C)c(C=C)/c1=C/C. The summed E-state index contributed by atoms with van der Waals surface area (Å²) in [4.78, 5) is 20.1. The maximum atomic E-state index is 6.24. The van der Waals surface area contributed by atoms with E-state index < -0.39 is 0 Å². The van der Waals surface area contributed by atoms with Crippen molar-refractivity contribution in [3.05, 3.63) is 162 Å².